The Hall–Kier alpha value is -0.0800. The van der Waals surface area contributed by atoms with E-state index in [0.29, 0.717) is 17.9 Å². The summed E-state index contributed by atoms with van der Waals surface area (Å²) in [5, 5.41) is 13.4. The molecule has 14 heavy (non-hydrogen) atoms. The molecule has 0 heterocycles. The van der Waals surface area contributed by atoms with Gasteiger partial charge in [0.05, 0.1) is 5.60 Å². The quantitative estimate of drug-likeness (QED) is 0.687. The molecule has 1 rings (SSSR count). The molecule has 0 aromatic heterocycles. The molecule has 2 N–H and O–H groups in total. The van der Waals surface area contributed by atoms with Gasteiger partial charge in [-0.15, -0.1) is 0 Å². The summed E-state index contributed by atoms with van der Waals surface area (Å²) in [6, 6.07) is 0. The van der Waals surface area contributed by atoms with Crippen molar-refractivity contribution in [2.24, 2.45) is 11.3 Å². The van der Waals surface area contributed by atoms with Gasteiger partial charge in [0.15, 0.2) is 0 Å². The van der Waals surface area contributed by atoms with Crippen molar-refractivity contribution >= 4 is 0 Å². The van der Waals surface area contributed by atoms with Crippen LogP contribution in [-0.2, 0) is 0 Å². The van der Waals surface area contributed by atoms with Crippen LogP contribution >= 0.6 is 0 Å². The lowest BCUT2D eigenvalue weighted by atomic mass is 9.92. The topological polar surface area (TPSA) is 32.3 Å². The summed E-state index contributed by atoms with van der Waals surface area (Å²) < 4.78 is 0. The summed E-state index contributed by atoms with van der Waals surface area (Å²) in [5.74, 6) is 0.312. The molecule has 0 spiro atoms. The summed E-state index contributed by atoms with van der Waals surface area (Å²) in [4.78, 5) is 0. The maximum Gasteiger partial charge on any atom is 0.0766 e. The fourth-order valence-corrected chi connectivity index (χ4v) is 1.62. The third kappa shape index (κ3) is 2.96. The van der Waals surface area contributed by atoms with Crippen LogP contribution in [0.2, 0.25) is 0 Å². The number of hydrogen-bond acceptors (Lipinski definition) is 2. The van der Waals surface area contributed by atoms with Gasteiger partial charge in [-0.2, -0.15) is 0 Å². The largest absolute Gasteiger partial charge is 0.389 e. The highest BCUT2D eigenvalue weighted by Crippen LogP contribution is 2.47. The molecule has 0 aliphatic heterocycles. The maximum absolute atomic E-state index is 10.0. The summed E-state index contributed by atoms with van der Waals surface area (Å²) in [6.07, 6.45) is 3.99. The van der Waals surface area contributed by atoms with Crippen molar-refractivity contribution in [1.29, 1.82) is 0 Å². The van der Waals surface area contributed by atoms with Crippen LogP contribution in [0, 0.1) is 11.3 Å². The van der Waals surface area contributed by atoms with Gasteiger partial charge in [-0.25, -0.2) is 0 Å². The first-order valence-electron chi connectivity index (χ1n) is 5.85. The second kappa shape index (κ2) is 4.19. The predicted octanol–water partition coefficient (Wildman–Crippen LogP) is 2.17. The maximum atomic E-state index is 10.0. The molecule has 0 bridgehead atoms. The molecule has 2 heteroatoms. The molecule has 1 fully saturated rings. The fraction of sp³-hybridized carbons (Fsp3) is 1.00. The van der Waals surface area contributed by atoms with Gasteiger partial charge in [0.2, 0.25) is 0 Å². The summed E-state index contributed by atoms with van der Waals surface area (Å²) in [7, 11) is 0. The van der Waals surface area contributed by atoms with Gasteiger partial charge in [0.1, 0.15) is 0 Å². The lowest BCUT2D eigenvalue weighted by molar-refractivity contribution is 0.0133. The Morgan fingerprint density at radius 1 is 1.43 bits per heavy atom. The molecular weight excluding hydrogens is 174 g/mol. The zero-order chi connectivity index (χ0) is 10.8. The van der Waals surface area contributed by atoms with E-state index in [1.165, 1.54) is 19.3 Å². The Balaban J connectivity index is 2.21. The molecule has 0 saturated heterocycles. The van der Waals surface area contributed by atoms with E-state index >= 15 is 0 Å². The number of nitrogens with one attached hydrogen (secondary N) is 1. The third-order valence-electron chi connectivity index (χ3n) is 3.93. The van der Waals surface area contributed by atoms with E-state index in [-0.39, 0.29) is 0 Å². The second-order valence-electron chi connectivity index (χ2n) is 5.47. The van der Waals surface area contributed by atoms with Crippen molar-refractivity contribution in [3.8, 4) is 0 Å². The van der Waals surface area contributed by atoms with E-state index in [9.17, 15) is 5.11 Å². The van der Waals surface area contributed by atoms with Gasteiger partial charge in [-0.1, -0.05) is 20.8 Å². The minimum atomic E-state index is -0.566. The van der Waals surface area contributed by atoms with E-state index in [0.717, 1.165) is 6.54 Å². The minimum Gasteiger partial charge on any atom is -0.389 e. The monoisotopic (exact) mass is 199 g/mol. The fourth-order valence-electron chi connectivity index (χ4n) is 1.62. The van der Waals surface area contributed by atoms with E-state index in [2.05, 4.69) is 26.1 Å². The van der Waals surface area contributed by atoms with E-state index in [1.54, 1.807) is 0 Å². The van der Waals surface area contributed by atoms with Crippen LogP contribution in [0.1, 0.15) is 47.0 Å². The van der Waals surface area contributed by atoms with Gasteiger partial charge >= 0.3 is 0 Å². The third-order valence-corrected chi connectivity index (χ3v) is 3.93. The summed E-state index contributed by atoms with van der Waals surface area (Å²) in [5.41, 5.74) is 0.0108. The van der Waals surface area contributed by atoms with E-state index in [4.69, 9.17) is 0 Å². The van der Waals surface area contributed by atoms with Crippen LogP contribution in [0.15, 0.2) is 0 Å². The molecule has 0 aromatic carbocycles. The molecule has 0 amide bonds. The molecule has 1 unspecified atom stereocenters. The first-order valence-corrected chi connectivity index (χ1v) is 5.85. The van der Waals surface area contributed by atoms with E-state index < -0.39 is 5.60 Å². The number of aliphatic hydroxyl groups is 1. The SMILES string of the molecule is CCC1(CNCC(C)(O)C(C)C)CC1. The zero-order valence-electron chi connectivity index (χ0n) is 10.1. The first kappa shape index (κ1) is 12.0. The first-order chi connectivity index (χ1) is 6.42. The highest BCUT2D eigenvalue weighted by molar-refractivity contribution is 4.94. The van der Waals surface area contributed by atoms with Crippen molar-refractivity contribution in [1.82, 2.24) is 5.32 Å². The van der Waals surface area contributed by atoms with Crippen LogP contribution in [-0.4, -0.2) is 23.8 Å². The van der Waals surface area contributed by atoms with Gasteiger partial charge in [-0.05, 0) is 37.5 Å². The standard InChI is InChI=1S/C12H25NO/c1-5-12(6-7-12)9-13-8-11(4,14)10(2)3/h10,13-14H,5-9H2,1-4H3. The Morgan fingerprint density at radius 3 is 2.36 bits per heavy atom. The van der Waals surface area contributed by atoms with Crippen molar-refractivity contribution in [2.45, 2.75) is 52.6 Å². The smallest absolute Gasteiger partial charge is 0.0766 e. The van der Waals surface area contributed by atoms with E-state index in [1.807, 2.05) is 6.92 Å². The van der Waals surface area contributed by atoms with Crippen molar-refractivity contribution in [3.63, 3.8) is 0 Å². The second-order valence-corrected chi connectivity index (χ2v) is 5.47. The summed E-state index contributed by atoms with van der Waals surface area (Å²) in [6.45, 7) is 10.1. The lowest BCUT2D eigenvalue weighted by Gasteiger charge is -2.29. The lowest BCUT2D eigenvalue weighted by Crippen LogP contribution is -2.43. The van der Waals surface area contributed by atoms with Crippen LogP contribution < -0.4 is 5.32 Å². The minimum absolute atomic E-state index is 0.312. The number of rotatable bonds is 6. The Kier molecular flexibility index (Phi) is 3.59. The molecule has 1 saturated carbocycles. The molecule has 2 nitrogen and oxygen atoms in total. The average Bonchev–Trinajstić information content (AvgIpc) is 2.85. The molecule has 1 aliphatic rings. The highest BCUT2D eigenvalue weighted by atomic mass is 16.3. The zero-order valence-corrected chi connectivity index (χ0v) is 10.1. The molecule has 1 aliphatic carbocycles. The van der Waals surface area contributed by atoms with Crippen LogP contribution in [0.3, 0.4) is 0 Å². The normalized spacial score (nSPS) is 23.6. The number of hydrogen-bond donors (Lipinski definition) is 2. The molecule has 0 radical (unpaired) electrons. The van der Waals surface area contributed by atoms with Gasteiger partial charge in [0.25, 0.3) is 0 Å². The summed E-state index contributed by atoms with van der Waals surface area (Å²) >= 11 is 0. The molecule has 84 valence electrons. The van der Waals surface area contributed by atoms with Gasteiger partial charge in [-0.3, -0.25) is 0 Å². The Labute approximate surface area is 88.1 Å². The van der Waals surface area contributed by atoms with Gasteiger partial charge in [0, 0.05) is 13.1 Å². The Bertz CT molecular complexity index is 183. The predicted molar refractivity (Wildman–Crippen MR) is 60.3 cm³/mol. The van der Waals surface area contributed by atoms with Crippen LogP contribution in [0.25, 0.3) is 0 Å². The molecule has 1 atom stereocenters. The van der Waals surface area contributed by atoms with Crippen molar-refractivity contribution < 1.29 is 5.11 Å². The molecule has 0 aromatic rings. The highest BCUT2D eigenvalue weighted by Gasteiger charge is 2.40. The molecular formula is C12H25NO. The average molecular weight is 199 g/mol. The van der Waals surface area contributed by atoms with Crippen LogP contribution in [0.5, 0.6) is 0 Å². The van der Waals surface area contributed by atoms with Crippen LogP contribution in [0.4, 0.5) is 0 Å². The van der Waals surface area contributed by atoms with Crippen molar-refractivity contribution in [3.05, 3.63) is 0 Å². The van der Waals surface area contributed by atoms with Gasteiger partial charge < -0.3 is 10.4 Å². The van der Waals surface area contributed by atoms with Crippen molar-refractivity contribution in [2.75, 3.05) is 13.1 Å². The Morgan fingerprint density at radius 2 is 2.00 bits per heavy atom.